The van der Waals surface area contributed by atoms with E-state index in [4.69, 9.17) is 0 Å². The van der Waals surface area contributed by atoms with Crippen LogP contribution in [0.2, 0.25) is 0 Å². The normalized spacial score (nSPS) is 28.9. The van der Waals surface area contributed by atoms with Crippen molar-refractivity contribution < 1.29 is 4.79 Å². The van der Waals surface area contributed by atoms with Crippen LogP contribution in [0.4, 0.5) is 0 Å². The summed E-state index contributed by atoms with van der Waals surface area (Å²) in [5, 5.41) is 0. The fourth-order valence-electron chi connectivity index (χ4n) is 3.79. The molecule has 3 heteroatoms. The average Bonchev–Trinajstić information content (AvgIpc) is 3.13. The van der Waals surface area contributed by atoms with E-state index in [1.54, 1.807) is 0 Å². The van der Waals surface area contributed by atoms with Crippen LogP contribution in [0.25, 0.3) is 0 Å². The number of carbonyl (C=O) groups excluding carboxylic acids is 1. The molecule has 0 aromatic carbocycles. The van der Waals surface area contributed by atoms with Gasteiger partial charge in [-0.3, -0.25) is 9.69 Å². The van der Waals surface area contributed by atoms with E-state index in [9.17, 15) is 4.79 Å². The van der Waals surface area contributed by atoms with Crippen molar-refractivity contribution in [3.63, 3.8) is 0 Å². The van der Waals surface area contributed by atoms with Gasteiger partial charge in [0.2, 0.25) is 5.91 Å². The first-order valence-corrected chi connectivity index (χ1v) is 7.29. The van der Waals surface area contributed by atoms with Crippen LogP contribution < -0.4 is 0 Å². The third-order valence-corrected chi connectivity index (χ3v) is 5.06. The van der Waals surface area contributed by atoms with Gasteiger partial charge < -0.3 is 4.90 Å². The summed E-state index contributed by atoms with van der Waals surface area (Å²) in [7, 11) is 0. The molecule has 3 aliphatic rings. The van der Waals surface area contributed by atoms with Crippen LogP contribution >= 0.6 is 0 Å². The standard InChI is InChI=1S/C14H24N2O/c1-2-16-9-3-6-14(16)7-10-15(11-8-14)13(17)12-4-5-12/h12H,2-11H2,1H3. The van der Waals surface area contributed by atoms with Crippen molar-refractivity contribution in [1.29, 1.82) is 0 Å². The van der Waals surface area contributed by atoms with Gasteiger partial charge in [-0.05, 0) is 51.6 Å². The third-order valence-electron chi connectivity index (χ3n) is 5.06. The van der Waals surface area contributed by atoms with Gasteiger partial charge in [-0.1, -0.05) is 6.92 Å². The first-order chi connectivity index (χ1) is 8.25. The first kappa shape index (κ1) is 11.5. The minimum Gasteiger partial charge on any atom is -0.342 e. The summed E-state index contributed by atoms with van der Waals surface area (Å²) in [5.41, 5.74) is 0.453. The quantitative estimate of drug-likeness (QED) is 0.731. The highest BCUT2D eigenvalue weighted by Crippen LogP contribution is 2.39. The van der Waals surface area contributed by atoms with E-state index in [0.717, 1.165) is 25.9 Å². The van der Waals surface area contributed by atoms with Gasteiger partial charge in [0.15, 0.2) is 0 Å². The predicted molar refractivity (Wildman–Crippen MR) is 67.8 cm³/mol. The second-order valence-electron chi connectivity index (χ2n) is 6.01. The molecular formula is C14H24N2O. The summed E-state index contributed by atoms with van der Waals surface area (Å²) in [5.74, 6) is 0.843. The SMILES string of the molecule is CCN1CCCC12CCN(C(=O)C1CC1)CC2. The fraction of sp³-hybridized carbons (Fsp3) is 0.929. The fourth-order valence-corrected chi connectivity index (χ4v) is 3.79. The summed E-state index contributed by atoms with van der Waals surface area (Å²) in [4.78, 5) is 16.8. The van der Waals surface area contributed by atoms with Gasteiger partial charge in [0.05, 0.1) is 0 Å². The second-order valence-corrected chi connectivity index (χ2v) is 6.01. The molecule has 0 aromatic rings. The van der Waals surface area contributed by atoms with E-state index < -0.39 is 0 Å². The number of hydrogen-bond donors (Lipinski definition) is 0. The first-order valence-electron chi connectivity index (χ1n) is 7.29. The van der Waals surface area contributed by atoms with Crippen LogP contribution in [0.3, 0.4) is 0 Å². The lowest BCUT2D eigenvalue weighted by molar-refractivity contribution is -0.135. The van der Waals surface area contributed by atoms with Crippen molar-refractivity contribution in [3.8, 4) is 0 Å². The monoisotopic (exact) mass is 236 g/mol. The Morgan fingerprint density at radius 3 is 2.47 bits per heavy atom. The number of carbonyl (C=O) groups is 1. The zero-order valence-corrected chi connectivity index (χ0v) is 11.0. The Morgan fingerprint density at radius 2 is 1.88 bits per heavy atom. The lowest BCUT2D eigenvalue weighted by atomic mass is 9.85. The average molecular weight is 236 g/mol. The van der Waals surface area contributed by atoms with Crippen molar-refractivity contribution in [2.24, 2.45) is 5.92 Å². The van der Waals surface area contributed by atoms with E-state index in [0.29, 0.717) is 17.4 Å². The number of nitrogens with zero attached hydrogens (tertiary/aromatic N) is 2. The van der Waals surface area contributed by atoms with E-state index in [1.165, 1.54) is 38.8 Å². The zero-order valence-electron chi connectivity index (χ0n) is 11.0. The second kappa shape index (κ2) is 4.27. The smallest absolute Gasteiger partial charge is 0.225 e. The Morgan fingerprint density at radius 1 is 1.18 bits per heavy atom. The van der Waals surface area contributed by atoms with Crippen LogP contribution in [0.1, 0.15) is 45.4 Å². The predicted octanol–water partition coefficient (Wildman–Crippen LogP) is 1.87. The maximum atomic E-state index is 12.0. The van der Waals surface area contributed by atoms with E-state index in [-0.39, 0.29) is 0 Å². The van der Waals surface area contributed by atoms with Gasteiger partial charge in [-0.25, -0.2) is 0 Å². The number of hydrogen-bond acceptors (Lipinski definition) is 2. The van der Waals surface area contributed by atoms with Gasteiger partial charge in [0.25, 0.3) is 0 Å². The van der Waals surface area contributed by atoms with Crippen LogP contribution in [-0.2, 0) is 4.79 Å². The molecule has 1 amide bonds. The topological polar surface area (TPSA) is 23.6 Å². The molecule has 96 valence electrons. The highest BCUT2D eigenvalue weighted by atomic mass is 16.2. The summed E-state index contributed by atoms with van der Waals surface area (Å²) in [6.45, 7) is 6.73. The molecular weight excluding hydrogens is 212 g/mol. The Labute approximate surface area is 104 Å². The van der Waals surface area contributed by atoms with E-state index in [2.05, 4.69) is 16.7 Å². The van der Waals surface area contributed by atoms with Crippen LogP contribution in [0.15, 0.2) is 0 Å². The summed E-state index contributed by atoms with van der Waals surface area (Å²) >= 11 is 0. The number of rotatable bonds is 2. The maximum Gasteiger partial charge on any atom is 0.225 e. The maximum absolute atomic E-state index is 12.0. The summed E-state index contributed by atoms with van der Waals surface area (Å²) < 4.78 is 0. The Balaban J connectivity index is 1.61. The molecule has 3 rings (SSSR count). The van der Waals surface area contributed by atoms with Gasteiger partial charge in [0.1, 0.15) is 0 Å². The minimum absolute atomic E-state index is 0.398. The van der Waals surface area contributed by atoms with Gasteiger partial charge >= 0.3 is 0 Å². The van der Waals surface area contributed by atoms with Gasteiger partial charge in [0, 0.05) is 24.5 Å². The minimum atomic E-state index is 0.398. The van der Waals surface area contributed by atoms with Gasteiger partial charge in [-0.2, -0.15) is 0 Å². The molecule has 2 heterocycles. The number of amides is 1. The Bertz CT molecular complexity index is 303. The molecule has 2 saturated heterocycles. The van der Waals surface area contributed by atoms with Crippen molar-refractivity contribution in [2.45, 2.75) is 51.0 Å². The molecule has 1 aliphatic carbocycles. The van der Waals surface area contributed by atoms with Crippen molar-refractivity contribution in [3.05, 3.63) is 0 Å². The number of piperidine rings is 1. The van der Waals surface area contributed by atoms with Gasteiger partial charge in [-0.15, -0.1) is 0 Å². The zero-order chi connectivity index (χ0) is 11.9. The molecule has 1 saturated carbocycles. The highest BCUT2D eigenvalue weighted by molar-refractivity contribution is 5.81. The molecule has 0 bridgehead atoms. The molecule has 0 aromatic heterocycles. The van der Waals surface area contributed by atoms with Crippen LogP contribution in [0.5, 0.6) is 0 Å². The number of likely N-dealkylation sites (tertiary alicyclic amines) is 2. The van der Waals surface area contributed by atoms with E-state index in [1.807, 2.05) is 0 Å². The van der Waals surface area contributed by atoms with Crippen LogP contribution in [-0.4, -0.2) is 47.4 Å². The molecule has 0 atom stereocenters. The molecule has 17 heavy (non-hydrogen) atoms. The summed E-state index contributed by atoms with van der Waals surface area (Å²) in [6.07, 6.45) is 7.40. The summed E-state index contributed by atoms with van der Waals surface area (Å²) in [6, 6.07) is 0. The largest absolute Gasteiger partial charge is 0.342 e. The molecule has 0 radical (unpaired) electrons. The molecule has 0 unspecified atom stereocenters. The van der Waals surface area contributed by atoms with E-state index >= 15 is 0 Å². The van der Waals surface area contributed by atoms with Crippen LogP contribution in [0, 0.1) is 5.92 Å². The third kappa shape index (κ3) is 1.99. The lowest BCUT2D eigenvalue weighted by Crippen LogP contribution is -2.53. The molecule has 1 spiro atoms. The Hall–Kier alpha value is -0.570. The lowest BCUT2D eigenvalue weighted by Gasteiger charge is -2.45. The molecule has 2 aliphatic heterocycles. The Kier molecular flexibility index (Phi) is 2.89. The van der Waals surface area contributed by atoms with Crippen molar-refractivity contribution in [1.82, 2.24) is 9.80 Å². The molecule has 0 N–H and O–H groups in total. The molecule has 3 nitrogen and oxygen atoms in total. The molecule has 3 fully saturated rings. The van der Waals surface area contributed by atoms with Crippen molar-refractivity contribution >= 4 is 5.91 Å². The highest BCUT2D eigenvalue weighted by Gasteiger charge is 2.44. The van der Waals surface area contributed by atoms with Crippen molar-refractivity contribution in [2.75, 3.05) is 26.2 Å².